The van der Waals surface area contributed by atoms with Crippen LogP contribution in [0.5, 0.6) is 0 Å². The third kappa shape index (κ3) is 10.5. The van der Waals surface area contributed by atoms with E-state index >= 15 is 0 Å². The van der Waals surface area contributed by atoms with Gasteiger partial charge in [-0.25, -0.2) is 4.89 Å². The lowest BCUT2D eigenvalue weighted by molar-refractivity contribution is -0.472. The molecule has 426 valence electrons. The number of aliphatic hydroxyl groups is 2. The van der Waals surface area contributed by atoms with Gasteiger partial charge in [-0.2, -0.15) is 4.89 Å². The Labute approximate surface area is 443 Å². The molecule has 0 amide bonds. The van der Waals surface area contributed by atoms with E-state index in [2.05, 4.69) is 19.9 Å². The highest BCUT2D eigenvalue weighted by Gasteiger charge is 2.66. The Morgan fingerprint density at radius 3 is 2.15 bits per heavy atom. The van der Waals surface area contributed by atoms with E-state index in [0.29, 0.717) is 49.2 Å². The van der Waals surface area contributed by atoms with Gasteiger partial charge in [-0.05, 0) is 122 Å². The molecule has 75 heavy (non-hydrogen) atoms. The van der Waals surface area contributed by atoms with Crippen molar-refractivity contribution < 1.29 is 91.1 Å². The zero-order valence-electron chi connectivity index (χ0n) is 46.4. The maximum absolute atomic E-state index is 13.0. The molecule has 0 radical (unpaired) electrons. The van der Waals surface area contributed by atoms with Gasteiger partial charge in [-0.1, -0.05) is 25.5 Å². The van der Waals surface area contributed by atoms with Gasteiger partial charge in [-0.3, -0.25) is 4.79 Å². The Bertz CT molecular complexity index is 2060. The molecule has 26 unspecified atom stereocenters. The predicted octanol–water partition coefficient (Wildman–Crippen LogP) is 6.12. The van der Waals surface area contributed by atoms with Crippen LogP contribution in [0.2, 0.25) is 0 Å². The zero-order valence-corrected chi connectivity index (χ0v) is 46.4. The molecule has 8 fully saturated rings. The molecule has 4 aliphatic carbocycles. The maximum atomic E-state index is 13.0. The fourth-order valence-corrected chi connectivity index (χ4v) is 15.7. The second-order valence-corrected chi connectivity index (χ2v) is 24.2. The number of aliphatic hydroxyl groups excluding tert-OH is 1. The Kier molecular flexibility index (Phi) is 16.8. The summed E-state index contributed by atoms with van der Waals surface area (Å²) in [6, 6.07) is 0. The van der Waals surface area contributed by atoms with Gasteiger partial charge < -0.3 is 76.5 Å². The van der Waals surface area contributed by atoms with Crippen LogP contribution in [-0.4, -0.2) is 179 Å². The predicted molar refractivity (Wildman–Crippen MR) is 265 cm³/mol. The van der Waals surface area contributed by atoms with Gasteiger partial charge in [0.25, 0.3) is 5.78 Å². The summed E-state index contributed by atoms with van der Waals surface area (Å²) in [5.74, 6) is 0.0327. The van der Waals surface area contributed by atoms with Gasteiger partial charge in [0.15, 0.2) is 24.6 Å². The van der Waals surface area contributed by atoms with Crippen LogP contribution < -0.4 is 0 Å². The SMILES string of the molecule is COC1=CC(C)OC(OC2CCC3(C)C(=CCC4C3CCC3(C)C4CCC3(O)C(C)OC3CC4OCC5(CC(OC)C(OC6CC(OC)C(OC7CC(OC)C(O)C(C)O7)C(C)O6)C(C)O5)OOC4C(C)O3)C2)C1=O. The molecule has 1 spiro atoms. The van der Waals surface area contributed by atoms with E-state index in [-0.39, 0.29) is 48.0 Å². The van der Waals surface area contributed by atoms with E-state index in [1.165, 1.54) is 12.7 Å². The molecule has 10 rings (SSSR count). The molecule has 0 aromatic rings. The average molecular weight is 1070 g/mol. The lowest BCUT2D eigenvalue weighted by atomic mass is 9.46. The minimum absolute atomic E-state index is 0.0346. The van der Waals surface area contributed by atoms with E-state index in [9.17, 15) is 15.0 Å². The number of ether oxygens (including phenoxy) is 14. The Morgan fingerprint density at radius 2 is 1.43 bits per heavy atom. The third-order valence-electron chi connectivity index (χ3n) is 20.0. The van der Waals surface area contributed by atoms with Gasteiger partial charge >= 0.3 is 0 Å². The molecule has 0 aromatic carbocycles. The van der Waals surface area contributed by atoms with Crippen LogP contribution in [0.3, 0.4) is 0 Å². The highest BCUT2D eigenvalue weighted by atomic mass is 17.2. The van der Waals surface area contributed by atoms with Crippen molar-refractivity contribution in [2.45, 2.75) is 261 Å². The van der Waals surface area contributed by atoms with Crippen LogP contribution in [0.15, 0.2) is 23.5 Å². The highest BCUT2D eigenvalue weighted by Crippen LogP contribution is 2.68. The normalized spacial score (nSPS) is 51.6. The first kappa shape index (κ1) is 56.5. The summed E-state index contributed by atoms with van der Waals surface area (Å²) in [5, 5.41) is 23.4. The maximum Gasteiger partial charge on any atom is 0.252 e. The summed E-state index contributed by atoms with van der Waals surface area (Å²) in [6.45, 7) is 16.3. The van der Waals surface area contributed by atoms with Crippen LogP contribution in [0, 0.1) is 28.6 Å². The number of rotatable bonds is 13. The van der Waals surface area contributed by atoms with Crippen molar-refractivity contribution in [2.24, 2.45) is 28.6 Å². The molecular weight excluding hydrogens is 977 g/mol. The summed E-state index contributed by atoms with van der Waals surface area (Å²) in [7, 11) is 6.36. The number of allylic oxidation sites excluding steroid dienone is 1. The number of ketones is 1. The van der Waals surface area contributed by atoms with Crippen molar-refractivity contribution in [3.63, 3.8) is 0 Å². The number of carbonyl (C=O) groups excluding carboxylic acids is 1. The first-order valence-corrected chi connectivity index (χ1v) is 28.1. The van der Waals surface area contributed by atoms with Crippen LogP contribution in [0.25, 0.3) is 0 Å². The highest BCUT2D eigenvalue weighted by molar-refractivity contribution is 5.96. The molecule has 2 N–H and O–H groups in total. The fraction of sp³-hybridized carbons (Fsp3) is 0.911. The number of fused-ring (bicyclic) bond motifs is 6. The first-order valence-electron chi connectivity index (χ1n) is 28.1. The van der Waals surface area contributed by atoms with E-state index in [4.69, 9.17) is 76.1 Å². The van der Waals surface area contributed by atoms with Crippen molar-refractivity contribution in [1.29, 1.82) is 0 Å². The number of hydrogen-bond donors (Lipinski definition) is 2. The van der Waals surface area contributed by atoms with Gasteiger partial charge in [0.05, 0.1) is 79.9 Å². The van der Waals surface area contributed by atoms with Crippen LogP contribution in [0.4, 0.5) is 0 Å². The van der Waals surface area contributed by atoms with Crippen molar-refractivity contribution in [1.82, 2.24) is 0 Å². The summed E-state index contributed by atoms with van der Waals surface area (Å²) in [4.78, 5) is 25.4. The second-order valence-electron chi connectivity index (χ2n) is 24.2. The molecule has 6 aliphatic heterocycles. The number of carbonyl (C=O) groups is 1. The summed E-state index contributed by atoms with van der Waals surface area (Å²) < 4.78 is 87.2. The number of methoxy groups -OCH3 is 4. The number of Topliss-reactive ketones (excluding diaryl/α,β-unsaturated/α-hetero) is 1. The van der Waals surface area contributed by atoms with Gasteiger partial charge in [-0.15, -0.1) is 0 Å². The van der Waals surface area contributed by atoms with Gasteiger partial charge in [0.2, 0.25) is 12.1 Å². The first-order chi connectivity index (χ1) is 35.7. The topological polar surface area (TPSA) is 205 Å². The quantitative estimate of drug-likeness (QED) is 0.158. The Morgan fingerprint density at radius 1 is 0.747 bits per heavy atom. The monoisotopic (exact) mass is 1060 g/mol. The molecule has 26 atom stereocenters. The summed E-state index contributed by atoms with van der Waals surface area (Å²) in [6.07, 6.45) is 3.04. The zero-order chi connectivity index (χ0) is 53.4. The fourth-order valence-electron chi connectivity index (χ4n) is 15.7. The minimum Gasteiger partial charge on any atom is -0.493 e. The third-order valence-corrected chi connectivity index (χ3v) is 20.0. The Hall–Kier alpha value is -1.73. The van der Waals surface area contributed by atoms with Crippen LogP contribution >= 0.6 is 0 Å². The number of hydrogen-bond acceptors (Lipinski definition) is 19. The molecule has 6 heterocycles. The van der Waals surface area contributed by atoms with Crippen LogP contribution in [0.1, 0.15) is 132 Å². The van der Waals surface area contributed by atoms with E-state index in [1.807, 2.05) is 34.6 Å². The van der Waals surface area contributed by atoms with Crippen molar-refractivity contribution in [2.75, 3.05) is 35.0 Å². The standard InChI is InChI=1S/C56H88O19/c1-28-21-39(60-9)48(58)52(65-28)70-35-15-18-53(7)34(22-35)13-14-36-37(53)16-19-54(8)38(36)17-20-56(54,59)33(6)69-44-25-42-51(31(4)68-44)74-75-55(27-64-42)26-43(63-12)50(32(5)73-55)72-46-24-41(62-11)49(30(3)67-46)71-45-23-40(61-10)47(57)29(2)66-45/h13,21,28-33,35-38,40-47,49-52,57,59H,14-20,22-27H2,1-12H3. The van der Waals surface area contributed by atoms with Gasteiger partial charge in [0.1, 0.15) is 31.0 Å². The molecule has 19 nitrogen and oxygen atoms in total. The van der Waals surface area contributed by atoms with E-state index < -0.39 is 110 Å². The van der Waals surface area contributed by atoms with Crippen molar-refractivity contribution in [3.05, 3.63) is 23.5 Å². The average Bonchev–Trinajstić information content (AvgIpc) is 3.55. The largest absolute Gasteiger partial charge is 0.493 e. The summed E-state index contributed by atoms with van der Waals surface area (Å²) in [5.41, 5.74) is 0.0691. The smallest absolute Gasteiger partial charge is 0.252 e. The minimum atomic E-state index is -1.30. The molecular formula is C56H88O19. The Balaban J connectivity index is 0.728. The summed E-state index contributed by atoms with van der Waals surface area (Å²) >= 11 is 0. The van der Waals surface area contributed by atoms with Crippen molar-refractivity contribution >= 4 is 5.78 Å². The molecule has 0 aromatic heterocycles. The second kappa shape index (κ2) is 22.3. The molecule has 5 saturated heterocycles. The molecule has 10 aliphatic rings. The van der Waals surface area contributed by atoms with Crippen molar-refractivity contribution in [3.8, 4) is 0 Å². The molecule has 19 heteroatoms. The van der Waals surface area contributed by atoms with E-state index in [1.54, 1.807) is 34.3 Å². The van der Waals surface area contributed by atoms with Crippen LogP contribution in [-0.2, 0) is 80.9 Å². The van der Waals surface area contributed by atoms with E-state index in [0.717, 1.165) is 44.9 Å². The lowest BCUT2D eigenvalue weighted by Crippen LogP contribution is -2.60. The molecule has 3 saturated carbocycles. The molecule has 0 bridgehead atoms. The lowest BCUT2D eigenvalue weighted by Gasteiger charge is -2.59. The van der Waals surface area contributed by atoms with Gasteiger partial charge in [0, 0.05) is 52.4 Å².